The lowest BCUT2D eigenvalue weighted by molar-refractivity contribution is -0.0191. The molecule has 0 heterocycles. The van der Waals surface area contributed by atoms with E-state index in [4.69, 9.17) is 0 Å². The summed E-state index contributed by atoms with van der Waals surface area (Å²) in [5, 5.41) is 11.1. The SMILES string of the molecule is CC1CCCC(O)(c2ccccc2C2CCC2)C1. The van der Waals surface area contributed by atoms with Crippen molar-refractivity contribution in [3.8, 4) is 0 Å². The Morgan fingerprint density at radius 1 is 1.11 bits per heavy atom. The molecule has 0 radical (unpaired) electrons. The van der Waals surface area contributed by atoms with E-state index in [1.165, 1.54) is 36.8 Å². The minimum absolute atomic E-state index is 0.552. The largest absolute Gasteiger partial charge is 0.385 e. The van der Waals surface area contributed by atoms with E-state index < -0.39 is 5.60 Å². The Morgan fingerprint density at radius 2 is 1.89 bits per heavy atom. The Labute approximate surface area is 110 Å². The van der Waals surface area contributed by atoms with Crippen LogP contribution in [-0.2, 0) is 5.60 Å². The standard InChI is InChI=1S/C17H24O/c1-13-6-5-11-17(18,12-13)16-10-3-2-9-15(16)14-7-4-8-14/h2-3,9-10,13-14,18H,4-8,11-12H2,1H3. The molecule has 18 heavy (non-hydrogen) atoms. The minimum atomic E-state index is -0.552. The van der Waals surface area contributed by atoms with Gasteiger partial charge in [-0.3, -0.25) is 0 Å². The van der Waals surface area contributed by atoms with Crippen molar-refractivity contribution in [1.82, 2.24) is 0 Å². The predicted molar refractivity (Wildman–Crippen MR) is 74.6 cm³/mol. The second-order valence-corrected chi connectivity index (χ2v) is 6.45. The Morgan fingerprint density at radius 3 is 2.56 bits per heavy atom. The molecule has 98 valence electrons. The van der Waals surface area contributed by atoms with Crippen LogP contribution in [-0.4, -0.2) is 5.11 Å². The monoisotopic (exact) mass is 244 g/mol. The van der Waals surface area contributed by atoms with Crippen LogP contribution in [0.2, 0.25) is 0 Å². The van der Waals surface area contributed by atoms with Crippen LogP contribution in [0.25, 0.3) is 0 Å². The average molecular weight is 244 g/mol. The van der Waals surface area contributed by atoms with Gasteiger partial charge in [0.05, 0.1) is 5.60 Å². The van der Waals surface area contributed by atoms with Gasteiger partial charge in [0.25, 0.3) is 0 Å². The molecule has 1 aromatic rings. The van der Waals surface area contributed by atoms with Crippen LogP contribution in [0, 0.1) is 5.92 Å². The molecule has 2 saturated carbocycles. The van der Waals surface area contributed by atoms with Crippen LogP contribution < -0.4 is 0 Å². The van der Waals surface area contributed by atoms with Crippen LogP contribution in [0.15, 0.2) is 24.3 Å². The highest BCUT2D eigenvalue weighted by atomic mass is 16.3. The number of benzene rings is 1. The lowest BCUT2D eigenvalue weighted by Gasteiger charge is -2.39. The van der Waals surface area contributed by atoms with Crippen LogP contribution in [0.3, 0.4) is 0 Å². The summed E-state index contributed by atoms with van der Waals surface area (Å²) in [5.41, 5.74) is 2.12. The molecule has 2 aliphatic rings. The molecule has 1 heteroatoms. The van der Waals surface area contributed by atoms with Crippen LogP contribution in [0.1, 0.15) is 68.9 Å². The predicted octanol–water partition coefficient (Wildman–Crippen LogP) is 4.35. The van der Waals surface area contributed by atoms with Gasteiger partial charge in [-0.05, 0) is 55.1 Å². The summed E-state index contributed by atoms with van der Waals surface area (Å²) in [6, 6.07) is 8.64. The first-order valence-electron chi connectivity index (χ1n) is 7.51. The smallest absolute Gasteiger partial charge is 0.0901 e. The van der Waals surface area contributed by atoms with Gasteiger partial charge >= 0.3 is 0 Å². The Bertz CT molecular complexity index is 421. The van der Waals surface area contributed by atoms with Crippen LogP contribution in [0.4, 0.5) is 0 Å². The molecule has 2 atom stereocenters. The van der Waals surface area contributed by atoms with Crippen molar-refractivity contribution in [2.45, 2.75) is 63.4 Å². The van der Waals surface area contributed by atoms with Gasteiger partial charge in [0.2, 0.25) is 0 Å². The third-order valence-electron chi connectivity index (χ3n) is 4.98. The molecule has 2 unspecified atom stereocenters. The highest BCUT2D eigenvalue weighted by molar-refractivity contribution is 5.36. The molecule has 0 spiro atoms. The maximum atomic E-state index is 11.1. The maximum absolute atomic E-state index is 11.1. The Balaban J connectivity index is 1.94. The van der Waals surface area contributed by atoms with Gasteiger partial charge in [-0.25, -0.2) is 0 Å². The fraction of sp³-hybridized carbons (Fsp3) is 0.647. The Hall–Kier alpha value is -0.820. The van der Waals surface area contributed by atoms with Crippen molar-refractivity contribution in [3.05, 3.63) is 35.4 Å². The summed E-state index contributed by atoms with van der Waals surface area (Å²) >= 11 is 0. The molecule has 1 nitrogen and oxygen atoms in total. The zero-order valence-corrected chi connectivity index (χ0v) is 11.4. The van der Waals surface area contributed by atoms with E-state index in [1.54, 1.807) is 0 Å². The number of hydrogen-bond donors (Lipinski definition) is 1. The number of hydrogen-bond acceptors (Lipinski definition) is 1. The van der Waals surface area contributed by atoms with Gasteiger partial charge in [0.1, 0.15) is 0 Å². The molecule has 3 rings (SSSR count). The van der Waals surface area contributed by atoms with E-state index in [0.717, 1.165) is 19.3 Å². The first-order valence-corrected chi connectivity index (χ1v) is 7.51. The molecule has 0 bridgehead atoms. The molecule has 2 fully saturated rings. The first kappa shape index (κ1) is 12.2. The molecule has 2 aliphatic carbocycles. The second kappa shape index (κ2) is 4.70. The van der Waals surface area contributed by atoms with Crippen LogP contribution >= 0.6 is 0 Å². The Kier molecular flexibility index (Phi) is 3.19. The summed E-state index contributed by atoms with van der Waals surface area (Å²) < 4.78 is 0. The summed E-state index contributed by atoms with van der Waals surface area (Å²) in [7, 11) is 0. The van der Waals surface area contributed by atoms with E-state index in [9.17, 15) is 5.11 Å². The van der Waals surface area contributed by atoms with Gasteiger partial charge in [-0.2, -0.15) is 0 Å². The van der Waals surface area contributed by atoms with Crippen molar-refractivity contribution in [3.63, 3.8) is 0 Å². The number of rotatable bonds is 2. The molecule has 1 N–H and O–H groups in total. The second-order valence-electron chi connectivity index (χ2n) is 6.45. The van der Waals surface area contributed by atoms with Crippen molar-refractivity contribution in [1.29, 1.82) is 0 Å². The topological polar surface area (TPSA) is 20.2 Å². The summed E-state index contributed by atoms with van der Waals surface area (Å²) in [4.78, 5) is 0. The van der Waals surface area contributed by atoms with Crippen molar-refractivity contribution in [2.75, 3.05) is 0 Å². The highest BCUT2D eigenvalue weighted by Gasteiger charge is 2.37. The van der Waals surface area contributed by atoms with E-state index >= 15 is 0 Å². The summed E-state index contributed by atoms with van der Waals surface area (Å²) in [5.74, 6) is 1.36. The molecular formula is C17H24O. The first-order chi connectivity index (χ1) is 8.69. The minimum Gasteiger partial charge on any atom is -0.385 e. The normalized spacial score (nSPS) is 33.1. The zero-order chi connectivity index (χ0) is 12.6. The van der Waals surface area contributed by atoms with Gasteiger partial charge in [0.15, 0.2) is 0 Å². The zero-order valence-electron chi connectivity index (χ0n) is 11.4. The highest BCUT2D eigenvalue weighted by Crippen LogP contribution is 2.46. The van der Waals surface area contributed by atoms with E-state index in [2.05, 4.69) is 31.2 Å². The molecule has 0 aromatic heterocycles. The molecule has 0 saturated heterocycles. The maximum Gasteiger partial charge on any atom is 0.0901 e. The fourth-order valence-electron chi connectivity index (χ4n) is 3.76. The lowest BCUT2D eigenvalue weighted by Crippen LogP contribution is -2.33. The van der Waals surface area contributed by atoms with Crippen LogP contribution in [0.5, 0.6) is 0 Å². The van der Waals surface area contributed by atoms with E-state index in [0.29, 0.717) is 11.8 Å². The molecule has 1 aromatic carbocycles. The average Bonchev–Trinajstić information content (AvgIpc) is 2.27. The van der Waals surface area contributed by atoms with E-state index in [1.807, 2.05) is 0 Å². The van der Waals surface area contributed by atoms with Gasteiger partial charge < -0.3 is 5.11 Å². The van der Waals surface area contributed by atoms with Crippen molar-refractivity contribution >= 4 is 0 Å². The molecule has 0 amide bonds. The fourth-order valence-corrected chi connectivity index (χ4v) is 3.76. The quantitative estimate of drug-likeness (QED) is 0.820. The van der Waals surface area contributed by atoms with Crippen molar-refractivity contribution in [2.24, 2.45) is 5.92 Å². The third-order valence-corrected chi connectivity index (χ3v) is 4.98. The summed E-state index contributed by atoms with van der Waals surface area (Å²) in [6.07, 6.45) is 8.29. The van der Waals surface area contributed by atoms with Gasteiger partial charge in [-0.15, -0.1) is 0 Å². The van der Waals surface area contributed by atoms with Gasteiger partial charge in [-0.1, -0.05) is 44.0 Å². The van der Waals surface area contributed by atoms with E-state index in [-0.39, 0.29) is 0 Å². The molecular weight excluding hydrogens is 220 g/mol. The third kappa shape index (κ3) is 2.09. The lowest BCUT2D eigenvalue weighted by atomic mass is 9.69. The van der Waals surface area contributed by atoms with Crippen molar-refractivity contribution < 1.29 is 5.11 Å². The van der Waals surface area contributed by atoms with Gasteiger partial charge in [0, 0.05) is 0 Å². The number of aliphatic hydroxyl groups is 1. The summed E-state index contributed by atoms with van der Waals surface area (Å²) in [6.45, 7) is 2.27. The molecule has 0 aliphatic heterocycles.